The molecule has 2 rings (SSSR count). The molecule has 7 heteroatoms. The van der Waals surface area contributed by atoms with Gasteiger partial charge in [0.25, 0.3) is 0 Å². The van der Waals surface area contributed by atoms with Gasteiger partial charge in [-0.3, -0.25) is 4.79 Å². The van der Waals surface area contributed by atoms with Gasteiger partial charge in [0.2, 0.25) is 5.91 Å². The van der Waals surface area contributed by atoms with Crippen LogP contribution in [0.15, 0.2) is 30.3 Å². The van der Waals surface area contributed by atoms with Crippen molar-refractivity contribution in [2.24, 2.45) is 5.73 Å². The lowest BCUT2D eigenvalue weighted by Gasteiger charge is -2.14. The Balaban J connectivity index is 0.00000242. The fourth-order valence-corrected chi connectivity index (χ4v) is 3.07. The molecule has 2 unspecified atom stereocenters. The number of amides is 1. The second-order valence-corrected chi connectivity index (χ2v) is 5.92. The summed E-state index contributed by atoms with van der Waals surface area (Å²) in [5.41, 5.74) is 5.47. The molecule has 0 fully saturated rings. The van der Waals surface area contributed by atoms with Crippen molar-refractivity contribution in [1.82, 2.24) is 5.32 Å². The fraction of sp³-hybridized carbons (Fsp3) is 0.400. The Bertz CT molecular complexity index is 568. The first kappa shape index (κ1) is 18.9. The number of fused-ring (bicyclic) bond motifs is 1. The van der Waals surface area contributed by atoms with Crippen molar-refractivity contribution in [2.75, 3.05) is 20.2 Å². The van der Waals surface area contributed by atoms with E-state index in [2.05, 4.69) is 5.32 Å². The third kappa shape index (κ3) is 4.93. The average molecular weight is 345 g/mol. The van der Waals surface area contributed by atoms with Gasteiger partial charge in [-0.2, -0.15) is 0 Å². The normalized spacial score (nSPS) is 13.4. The topological polar surface area (TPSA) is 84.6 Å². The predicted molar refractivity (Wildman–Crippen MR) is 91.5 cm³/mol. The molecule has 2 atom stereocenters. The molecule has 1 amide bonds. The number of nitrogens with two attached hydrogens (primary N) is 1. The van der Waals surface area contributed by atoms with Gasteiger partial charge in [-0.05, 0) is 17.5 Å². The van der Waals surface area contributed by atoms with E-state index in [0.717, 1.165) is 15.0 Å². The second kappa shape index (κ2) is 9.07. The summed E-state index contributed by atoms with van der Waals surface area (Å²) in [4.78, 5) is 12.6. The number of aliphatic hydroxyl groups is 1. The number of benzene rings is 1. The minimum atomic E-state index is -0.703. The molecular formula is C15H21ClN2O3S. The summed E-state index contributed by atoms with van der Waals surface area (Å²) in [6.07, 6.45) is -0.789. The molecule has 1 aromatic heterocycles. The number of hydrogen-bond donors (Lipinski definition) is 3. The lowest BCUT2D eigenvalue weighted by Crippen LogP contribution is -2.34. The van der Waals surface area contributed by atoms with Crippen molar-refractivity contribution in [1.29, 1.82) is 0 Å². The van der Waals surface area contributed by atoms with Gasteiger partial charge in [-0.1, -0.05) is 18.2 Å². The number of rotatable bonds is 7. The van der Waals surface area contributed by atoms with Crippen LogP contribution in [0, 0.1) is 0 Å². The molecule has 4 N–H and O–H groups in total. The highest BCUT2D eigenvalue weighted by atomic mass is 35.5. The van der Waals surface area contributed by atoms with E-state index in [0.29, 0.717) is 6.54 Å². The lowest BCUT2D eigenvalue weighted by atomic mass is 10.2. The highest BCUT2D eigenvalue weighted by molar-refractivity contribution is 7.19. The Hall–Kier alpha value is -1.18. The summed E-state index contributed by atoms with van der Waals surface area (Å²) in [6, 6.07) is 9.90. The molecule has 0 aliphatic carbocycles. The zero-order chi connectivity index (χ0) is 15.2. The third-order valence-electron chi connectivity index (χ3n) is 3.27. The predicted octanol–water partition coefficient (Wildman–Crippen LogP) is 1.84. The molecule has 1 heterocycles. The van der Waals surface area contributed by atoms with Gasteiger partial charge in [-0.15, -0.1) is 23.7 Å². The van der Waals surface area contributed by atoms with Gasteiger partial charge in [0, 0.05) is 29.8 Å². The molecular weight excluding hydrogens is 324 g/mol. The summed E-state index contributed by atoms with van der Waals surface area (Å²) in [5.74, 6) is -0.174. The Kier molecular flexibility index (Phi) is 7.78. The number of aliphatic hydroxyl groups excluding tert-OH is 1. The lowest BCUT2D eigenvalue weighted by molar-refractivity contribution is -0.123. The number of ether oxygens (including phenoxy) is 1. The monoisotopic (exact) mass is 344 g/mol. The molecule has 22 heavy (non-hydrogen) atoms. The molecule has 0 saturated carbocycles. The number of nitrogens with one attached hydrogen (secondary N) is 1. The highest BCUT2D eigenvalue weighted by Crippen LogP contribution is 2.29. The van der Waals surface area contributed by atoms with Gasteiger partial charge in [0.1, 0.15) is 6.10 Å². The van der Waals surface area contributed by atoms with Gasteiger partial charge >= 0.3 is 0 Å². The van der Waals surface area contributed by atoms with Gasteiger partial charge in [0.05, 0.1) is 12.5 Å². The van der Waals surface area contributed by atoms with E-state index in [9.17, 15) is 9.90 Å². The van der Waals surface area contributed by atoms with E-state index in [1.165, 1.54) is 18.4 Å². The zero-order valence-corrected chi connectivity index (χ0v) is 14.0. The molecule has 0 aliphatic rings. The van der Waals surface area contributed by atoms with Crippen LogP contribution in [0.4, 0.5) is 0 Å². The second-order valence-electron chi connectivity index (χ2n) is 4.80. The van der Waals surface area contributed by atoms with Crippen molar-refractivity contribution in [3.05, 3.63) is 35.2 Å². The van der Waals surface area contributed by atoms with Crippen LogP contribution >= 0.6 is 23.7 Å². The van der Waals surface area contributed by atoms with E-state index in [1.54, 1.807) is 0 Å². The standard InChI is InChI=1S/C15H20N2O3S.ClH/c1-20-11(8-16)7-15(19)17-9-12(18)14-6-10-4-2-3-5-13(10)21-14;/h2-6,11-12,18H,7-9,16H2,1H3,(H,17,19);1H. The van der Waals surface area contributed by atoms with Crippen LogP contribution in [-0.2, 0) is 9.53 Å². The van der Waals surface area contributed by atoms with Crippen LogP contribution < -0.4 is 11.1 Å². The van der Waals surface area contributed by atoms with Crippen molar-refractivity contribution < 1.29 is 14.6 Å². The molecule has 2 aromatic rings. The molecule has 1 aromatic carbocycles. The summed E-state index contributed by atoms with van der Waals surface area (Å²) >= 11 is 1.53. The van der Waals surface area contributed by atoms with Gasteiger partial charge in [-0.25, -0.2) is 0 Å². The summed E-state index contributed by atoms with van der Waals surface area (Å²) in [7, 11) is 1.52. The largest absolute Gasteiger partial charge is 0.386 e. The molecule has 0 radical (unpaired) electrons. The van der Waals surface area contributed by atoms with E-state index in [4.69, 9.17) is 10.5 Å². The van der Waals surface area contributed by atoms with E-state index in [1.807, 2.05) is 30.3 Å². The number of carbonyl (C=O) groups excluding carboxylic acids is 1. The van der Waals surface area contributed by atoms with Crippen LogP contribution in [0.2, 0.25) is 0 Å². The summed E-state index contributed by atoms with van der Waals surface area (Å²) < 4.78 is 6.18. The molecule has 5 nitrogen and oxygen atoms in total. The Labute approximate surface area is 139 Å². The van der Waals surface area contributed by atoms with E-state index < -0.39 is 6.10 Å². The van der Waals surface area contributed by atoms with Crippen molar-refractivity contribution in [3.8, 4) is 0 Å². The maximum Gasteiger partial charge on any atom is 0.222 e. The number of methoxy groups -OCH3 is 1. The SMILES string of the molecule is COC(CN)CC(=O)NCC(O)c1cc2ccccc2s1.Cl. The summed E-state index contributed by atoms with van der Waals surface area (Å²) in [5, 5.41) is 14.0. The number of halogens is 1. The number of carbonyl (C=O) groups is 1. The molecule has 0 saturated heterocycles. The molecule has 0 bridgehead atoms. The number of hydrogen-bond acceptors (Lipinski definition) is 5. The molecule has 122 valence electrons. The van der Waals surface area contributed by atoms with Crippen molar-refractivity contribution in [3.63, 3.8) is 0 Å². The smallest absolute Gasteiger partial charge is 0.222 e. The summed E-state index contributed by atoms with van der Waals surface area (Å²) in [6.45, 7) is 0.482. The third-order valence-corrected chi connectivity index (χ3v) is 4.49. The van der Waals surface area contributed by atoms with Crippen molar-refractivity contribution >= 4 is 39.7 Å². The van der Waals surface area contributed by atoms with Gasteiger partial charge < -0.3 is 20.9 Å². The maximum absolute atomic E-state index is 11.7. The Morgan fingerprint density at radius 1 is 1.45 bits per heavy atom. The quantitative estimate of drug-likeness (QED) is 0.715. The van der Waals surface area contributed by atoms with Crippen LogP contribution in [0.1, 0.15) is 17.4 Å². The molecule has 0 aliphatic heterocycles. The first-order chi connectivity index (χ1) is 10.1. The minimum Gasteiger partial charge on any atom is -0.386 e. The molecule has 0 spiro atoms. The first-order valence-corrected chi connectivity index (χ1v) is 7.61. The van der Waals surface area contributed by atoms with Crippen molar-refractivity contribution in [2.45, 2.75) is 18.6 Å². The van der Waals surface area contributed by atoms with E-state index >= 15 is 0 Å². The highest BCUT2D eigenvalue weighted by Gasteiger charge is 2.15. The Morgan fingerprint density at radius 2 is 2.18 bits per heavy atom. The fourth-order valence-electron chi connectivity index (χ4n) is 2.02. The van der Waals surface area contributed by atoms with Crippen LogP contribution in [0.5, 0.6) is 0 Å². The average Bonchev–Trinajstić information content (AvgIpc) is 2.94. The first-order valence-electron chi connectivity index (χ1n) is 6.80. The zero-order valence-electron chi connectivity index (χ0n) is 12.3. The van der Waals surface area contributed by atoms with E-state index in [-0.39, 0.29) is 37.4 Å². The Morgan fingerprint density at radius 3 is 2.82 bits per heavy atom. The van der Waals surface area contributed by atoms with Gasteiger partial charge in [0.15, 0.2) is 0 Å². The number of thiophene rings is 1. The van der Waals surface area contributed by atoms with Crippen LogP contribution in [0.3, 0.4) is 0 Å². The van der Waals surface area contributed by atoms with Crippen LogP contribution in [0.25, 0.3) is 10.1 Å². The van der Waals surface area contributed by atoms with Crippen LogP contribution in [-0.4, -0.2) is 37.3 Å². The maximum atomic E-state index is 11.7. The minimum absolute atomic E-state index is 0.